The quantitative estimate of drug-likeness (QED) is 0.791. The Morgan fingerprint density at radius 3 is 2.29 bits per heavy atom. The summed E-state index contributed by atoms with van der Waals surface area (Å²) < 4.78 is 10.2. The van der Waals surface area contributed by atoms with Crippen molar-refractivity contribution in [1.82, 2.24) is 15.2 Å². The lowest BCUT2D eigenvalue weighted by Gasteiger charge is -2.37. The topological polar surface area (TPSA) is 84.0 Å². The maximum Gasteiger partial charge on any atom is 0.410 e. The Morgan fingerprint density at radius 2 is 1.86 bits per heavy atom. The van der Waals surface area contributed by atoms with Crippen molar-refractivity contribution in [2.45, 2.75) is 46.3 Å². The Labute approximate surface area is 167 Å². The lowest BCUT2D eigenvalue weighted by atomic mass is 10.2. The highest BCUT2D eigenvalue weighted by Crippen LogP contribution is 2.21. The van der Waals surface area contributed by atoms with E-state index in [1.54, 1.807) is 4.90 Å². The van der Waals surface area contributed by atoms with Gasteiger partial charge in [-0.15, -0.1) is 0 Å². The van der Waals surface area contributed by atoms with Gasteiger partial charge in [-0.05, 0) is 46.8 Å². The normalized spacial score (nSPS) is 17.2. The number of pyridine rings is 1. The Morgan fingerprint density at radius 1 is 1.21 bits per heavy atom. The van der Waals surface area contributed by atoms with Crippen LogP contribution in [0, 0.1) is 13.8 Å². The molecular weight excluding hydrogens is 360 g/mol. The fourth-order valence-electron chi connectivity index (χ4n) is 2.90. The number of ether oxygens (including phenoxy) is 2. The molecule has 2 amide bonds. The molecule has 8 heteroatoms. The summed E-state index contributed by atoms with van der Waals surface area (Å²) in [5.41, 5.74) is 2.79. The minimum Gasteiger partial charge on any atom is -0.444 e. The van der Waals surface area contributed by atoms with Crippen molar-refractivity contribution >= 4 is 18.2 Å². The van der Waals surface area contributed by atoms with E-state index in [2.05, 4.69) is 21.3 Å². The molecule has 2 aliphatic rings. The molecule has 0 radical (unpaired) electrons. The summed E-state index contributed by atoms with van der Waals surface area (Å²) in [7, 11) is 0. The van der Waals surface area contributed by atoms with E-state index in [1.165, 1.54) is 0 Å². The van der Waals surface area contributed by atoms with Crippen LogP contribution >= 0.6 is 0 Å². The predicted octanol–water partition coefficient (Wildman–Crippen LogP) is 1.89. The van der Waals surface area contributed by atoms with Crippen LogP contribution < -0.4 is 10.2 Å². The van der Waals surface area contributed by atoms with E-state index >= 15 is 0 Å². The first-order chi connectivity index (χ1) is 13.2. The second-order valence-corrected chi connectivity index (χ2v) is 8.03. The van der Waals surface area contributed by atoms with Crippen LogP contribution in [0.3, 0.4) is 0 Å². The van der Waals surface area contributed by atoms with Gasteiger partial charge in [0, 0.05) is 31.9 Å². The summed E-state index contributed by atoms with van der Waals surface area (Å²) in [6, 6.07) is 4.43. The van der Waals surface area contributed by atoms with Gasteiger partial charge in [-0.25, -0.2) is 4.79 Å². The van der Waals surface area contributed by atoms with E-state index in [4.69, 9.17) is 9.47 Å². The highest BCUT2D eigenvalue weighted by molar-refractivity contribution is 5.68. The van der Waals surface area contributed by atoms with E-state index in [9.17, 15) is 9.59 Å². The summed E-state index contributed by atoms with van der Waals surface area (Å²) in [4.78, 5) is 30.2. The largest absolute Gasteiger partial charge is 0.444 e. The van der Waals surface area contributed by atoms with Crippen LogP contribution in [-0.2, 0) is 14.3 Å². The zero-order valence-electron chi connectivity index (χ0n) is 17.5. The second-order valence-electron chi connectivity index (χ2n) is 8.03. The highest BCUT2D eigenvalue weighted by atomic mass is 16.6. The third-order valence-corrected chi connectivity index (χ3v) is 4.41. The standard InChI is InChI=1S/C16H25N3O2.C4H7NO2/c1-12-6-7-14(13(2)17-12)18-8-10-19(11-9-18)15(20)21-16(3,4)5;6-3-5-4-1-7-2-4/h6-7H,8-11H2,1-5H3;3-4H,1-2H2,(H,5,6). The average molecular weight is 393 g/mol. The number of nitrogens with one attached hydrogen (secondary N) is 1. The van der Waals surface area contributed by atoms with Gasteiger partial charge in [0.2, 0.25) is 6.41 Å². The first kappa shape index (κ1) is 21.9. The highest BCUT2D eigenvalue weighted by Gasteiger charge is 2.26. The molecule has 2 fully saturated rings. The van der Waals surface area contributed by atoms with Crippen molar-refractivity contribution in [1.29, 1.82) is 0 Å². The molecule has 1 aromatic heterocycles. The number of piperazine rings is 1. The van der Waals surface area contributed by atoms with Crippen LogP contribution in [0.25, 0.3) is 0 Å². The lowest BCUT2D eigenvalue weighted by molar-refractivity contribution is -0.113. The van der Waals surface area contributed by atoms with Gasteiger partial charge in [0.25, 0.3) is 0 Å². The molecule has 2 saturated heterocycles. The Hall–Kier alpha value is -2.35. The SMILES string of the molecule is Cc1ccc(N2CCN(C(=O)OC(C)(C)C)CC2)c(C)n1.O=CNC1COC1. The number of nitrogens with zero attached hydrogens (tertiary/aromatic N) is 3. The van der Waals surface area contributed by atoms with Gasteiger partial charge >= 0.3 is 6.09 Å². The molecule has 0 atom stereocenters. The fraction of sp³-hybridized carbons (Fsp3) is 0.650. The van der Waals surface area contributed by atoms with Crippen LogP contribution in [0.4, 0.5) is 10.5 Å². The molecule has 8 nitrogen and oxygen atoms in total. The Kier molecular flexibility index (Phi) is 7.62. The summed E-state index contributed by atoms with van der Waals surface area (Å²) in [5.74, 6) is 0. The van der Waals surface area contributed by atoms with Gasteiger partial charge in [0.1, 0.15) is 5.60 Å². The third-order valence-electron chi connectivity index (χ3n) is 4.41. The van der Waals surface area contributed by atoms with Crippen LogP contribution in [0.2, 0.25) is 0 Å². The number of amides is 2. The maximum atomic E-state index is 12.0. The van der Waals surface area contributed by atoms with Crippen molar-refractivity contribution in [2.24, 2.45) is 0 Å². The third kappa shape index (κ3) is 6.67. The van der Waals surface area contributed by atoms with Crippen LogP contribution in [0.15, 0.2) is 12.1 Å². The van der Waals surface area contributed by atoms with E-state index in [1.807, 2.05) is 40.7 Å². The number of carbonyl (C=O) groups excluding carboxylic acids is 2. The van der Waals surface area contributed by atoms with E-state index in [-0.39, 0.29) is 12.1 Å². The van der Waals surface area contributed by atoms with Crippen molar-refractivity contribution in [3.05, 3.63) is 23.5 Å². The van der Waals surface area contributed by atoms with Gasteiger partial charge in [-0.1, -0.05) is 0 Å². The second kappa shape index (κ2) is 9.73. The summed E-state index contributed by atoms with van der Waals surface area (Å²) in [6.45, 7) is 14.0. The number of aromatic nitrogens is 1. The van der Waals surface area contributed by atoms with Crippen LogP contribution in [0.1, 0.15) is 32.2 Å². The number of hydrogen-bond acceptors (Lipinski definition) is 6. The summed E-state index contributed by atoms with van der Waals surface area (Å²) >= 11 is 0. The monoisotopic (exact) mass is 392 g/mol. The first-order valence-electron chi connectivity index (χ1n) is 9.64. The van der Waals surface area contributed by atoms with Crippen LogP contribution in [0.5, 0.6) is 0 Å². The molecule has 0 aliphatic carbocycles. The molecule has 0 unspecified atom stereocenters. The number of aryl methyl sites for hydroxylation is 2. The van der Waals surface area contributed by atoms with Gasteiger partial charge in [-0.3, -0.25) is 9.78 Å². The predicted molar refractivity (Wildman–Crippen MR) is 108 cm³/mol. The van der Waals surface area contributed by atoms with Gasteiger partial charge in [0.05, 0.1) is 30.6 Å². The molecular formula is C20H32N4O4. The molecule has 28 heavy (non-hydrogen) atoms. The smallest absolute Gasteiger partial charge is 0.410 e. The number of anilines is 1. The van der Waals surface area contributed by atoms with Crippen molar-refractivity contribution in [3.8, 4) is 0 Å². The van der Waals surface area contributed by atoms with E-state index < -0.39 is 5.60 Å². The van der Waals surface area contributed by atoms with E-state index in [0.29, 0.717) is 32.7 Å². The number of carbonyl (C=O) groups is 2. The summed E-state index contributed by atoms with van der Waals surface area (Å²) in [6.07, 6.45) is 0.480. The minimum atomic E-state index is -0.439. The summed E-state index contributed by atoms with van der Waals surface area (Å²) in [5, 5.41) is 2.58. The molecule has 156 valence electrons. The van der Waals surface area contributed by atoms with Crippen molar-refractivity contribution < 1.29 is 19.1 Å². The van der Waals surface area contributed by atoms with Gasteiger partial charge in [-0.2, -0.15) is 0 Å². The van der Waals surface area contributed by atoms with Crippen molar-refractivity contribution in [2.75, 3.05) is 44.3 Å². The molecule has 0 aromatic carbocycles. The zero-order chi connectivity index (χ0) is 20.7. The molecule has 2 aliphatic heterocycles. The number of rotatable bonds is 3. The Bertz CT molecular complexity index is 663. The van der Waals surface area contributed by atoms with Gasteiger partial charge in [0.15, 0.2) is 0 Å². The maximum absolute atomic E-state index is 12.0. The molecule has 1 N–H and O–H groups in total. The van der Waals surface area contributed by atoms with E-state index in [0.717, 1.165) is 30.2 Å². The number of hydrogen-bond donors (Lipinski definition) is 1. The minimum absolute atomic E-state index is 0.221. The van der Waals surface area contributed by atoms with Crippen LogP contribution in [-0.4, -0.2) is 73.4 Å². The lowest BCUT2D eigenvalue weighted by Crippen LogP contribution is -2.50. The molecule has 3 rings (SSSR count). The average Bonchev–Trinajstić information content (AvgIpc) is 2.57. The molecule has 1 aromatic rings. The van der Waals surface area contributed by atoms with Crippen molar-refractivity contribution in [3.63, 3.8) is 0 Å². The molecule has 0 saturated carbocycles. The molecule has 0 bridgehead atoms. The fourth-order valence-corrected chi connectivity index (χ4v) is 2.90. The van der Waals surface area contributed by atoms with Gasteiger partial charge < -0.3 is 24.6 Å². The zero-order valence-corrected chi connectivity index (χ0v) is 17.5. The molecule has 3 heterocycles. The molecule has 0 spiro atoms. The first-order valence-corrected chi connectivity index (χ1v) is 9.64. The Balaban J connectivity index is 0.000000336.